The van der Waals surface area contributed by atoms with E-state index in [1.807, 2.05) is 0 Å². The Bertz CT molecular complexity index is 371. The average molecular weight is 232 g/mol. The molecule has 2 atom stereocenters. The van der Waals surface area contributed by atoms with Crippen LogP contribution in [0.15, 0.2) is 24.3 Å². The van der Waals surface area contributed by atoms with Gasteiger partial charge < -0.3 is 10.6 Å². The van der Waals surface area contributed by atoms with E-state index in [0.29, 0.717) is 6.04 Å². The molecule has 1 aromatic carbocycles. The monoisotopic (exact) mass is 232 g/mol. The molecule has 0 saturated heterocycles. The Morgan fingerprint density at radius 1 is 1.35 bits per heavy atom. The molecular weight excluding hydrogens is 208 g/mol. The third-order valence-electron chi connectivity index (χ3n) is 4.07. The van der Waals surface area contributed by atoms with Crippen molar-refractivity contribution in [3.05, 3.63) is 29.8 Å². The number of anilines is 1. The normalized spacial score (nSPS) is 18.8. The second kappa shape index (κ2) is 5.09. The molecule has 2 rings (SSSR count). The highest BCUT2D eigenvalue weighted by Crippen LogP contribution is 2.37. The summed E-state index contributed by atoms with van der Waals surface area (Å²) in [6.07, 6.45) is 3.75. The Balaban J connectivity index is 2.23. The molecule has 2 heteroatoms. The standard InChI is InChI=1S/C15H24N2/c1-4-14(16)13-7-5-6-8-15(13)17(3)11(2)12-9-10-12/h5-8,11-12,14H,4,9-10,16H2,1-3H3/t11?,14-/m0/s1. The summed E-state index contributed by atoms with van der Waals surface area (Å²) >= 11 is 0. The molecule has 1 fully saturated rings. The SMILES string of the molecule is CC[C@H](N)c1ccccc1N(C)C(C)C1CC1. The number of para-hydroxylation sites is 1. The van der Waals surface area contributed by atoms with Crippen LogP contribution < -0.4 is 10.6 Å². The first-order chi connectivity index (χ1) is 8.15. The fraction of sp³-hybridized carbons (Fsp3) is 0.600. The van der Waals surface area contributed by atoms with E-state index in [-0.39, 0.29) is 6.04 Å². The van der Waals surface area contributed by atoms with Crippen molar-refractivity contribution < 1.29 is 0 Å². The summed E-state index contributed by atoms with van der Waals surface area (Å²) in [5.74, 6) is 0.880. The van der Waals surface area contributed by atoms with Crippen LogP contribution in [0.25, 0.3) is 0 Å². The number of hydrogen-bond donors (Lipinski definition) is 1. The van der Waals surface area contributed by atoms with Crippen LogP contribution in [-0.2, 0) is 0 Å². The second-order valence-corrected chi connectivity index (χ2v) is 5.26. The van der Waals surface area contributed by atoms with Crippen molar-refractivity contribution in [1.29, 1.82) is 0 Å². The minimum atomic E-state index is 0.153. The van der Waals surface area contributed by atoms with E-state index in [4.69, 9.17) is 5.73 Å². The highest BCUT2D eigenvalue weighted by Gasteiger charge is 2.31. The lowest BCUT2D eigenvalue weighted by atomic mass is 10.0. The van der Waals surface area contributed by atoms with E-state index in [2.05, 4.69) is 50.1 Å². The predicted octanol–water partition coefficient (Wildman–Crippen LogP) is 3.33. The van der Waals surface area contributed by atoms with Crippen LogP contribution in [0.3, 0.4) is 0 Å². The number of nitrogens with two attached hydrogens (primary N) is 1. The number of benzene rings is 1. The number of rotatable bonds is 5. The smallest absolute Gasteiger partial charge is 0.0414 e. The molecule has 94 valence electrons. The summed E-state index contributed by atoms with van der Waals surface area (Å²) < 4.78 is 0. The highest BCUT2D eigenvalue weighted by atomic mass is 15.1. The summed E-state index contributed by atoms with van der Waals surface area (Å²) in [5, 5.41) is 0. The van der Waals surface area contributed by atoms with Crippen LogP contribution in [0.1, 0.15) is 44.7 Å². The first-order valence-electron chi connectivity index (χ1n) is 6.72. The molecule has 1 aliphatic carbocycles. The van der Waals surface area contributed by atoms with Crippen molar-refractivity contribution in [2.45, 2.75) is 45.2 Å². The van der Waals surface area contributed by atoms with Gasteiger partial charge in [0.25, 0.3) is 0 Å². The van der Waals surface area contributed by atoms with E-state index < -0.39 is 0 Å². The Kier molecular flexibility index (Phi) is 3.72. The first kappa shape index (κ1) is 12.4. The highest BCUT2D eigenvalue weighted by molar-refractivity contribution is 5.55. The van der Waals surface area contributed by atoms with Gasteiger partial charge in [-0.05, 0) is 43.7 Å². The maximum atomic E-state index is 6.20. The third-order valence-corrected chi connectivity index (χ3v) is 4.07. The molecule has 0 heterocycles. The summed E-state index contributed by atoms with van der Waals surface area (Å²) in [4.78, 5) is 2.41. The van der Waals surface area contributed by atoms with Crippen molar-refractivity contribution in [1.82, 2.24) is 0 Å². The van der Waals surface area contributed by atoms with Crippen LogP contribution in [0.4, 0.5) is 5.69 Å². The van der Waals surface area contributed by atoms with Gasteiger partial charge in [-0.1, -0.05) is 25.1 Å². The fourth-order valence-corrected chi connectivity index (χ4v) is 2.46. The van der Waals surface area contributed by atoms with Crippen LogP contribution in [-0.4, -0.2) is 13.1 Å². The van der Waals surface area contributed by atoms with Gasteiger partial charge in [-0.15, -0.1) is 0 Å². The van der Waals surface area contributed by atoms with Crippen LogP contribution in [0.5, 0.6) is 0 Å². The number of hydrogen-bond acceptors (Lipinski definition) is 2. The lowest BCUT2D eigenvalue weighted by Crippen LogP contribution is -2.32. The van der Waals surface area contributed by atoms with Gasteiger partial charge >= 0.3 is 0 Å². The van der Waals surface area contributed by atoms with Crippen molar-refractivity contribution in [2.24, 2.45) is 11.7 Å². The zero-order valence-corrected chi connectivity index (χ0v) is 11.2. The molecule has 0 spiro atoms. The second-order valence-electron chi connectivity index (χ2n) is 5.26. The van der Waals surface area contributed by atoms with Gasteiger partial charge in [0.15, 0.2) is 0 Å². The largest absolute Gasteiger partial charge is 0.371 e. The summed E-state index contributed by atoms with van der Waals surface area (Å²) in [6, 6.07) is 9.34. The molecule has 17 heavy (non-hydrogen) atoms. The molecular formula is C15H24N2. The van der Waals surface area contributed by atoms with Gasteiger partial charge in [-0.3, -0.25) is 0 Å². The summed E-state index contributed by atoms with van der Waals surface area (Å²) in [5.41, 5.74) is 8.79. The molecule has 0 aliphatic heterocycles. The zero-order valence-electron chi connectivity index (χ0n) is 11.2. The van der Waals surface area contributed by atoms with E-state index in [0.717, 1.165) is 12.3 Å². The maximum Gasteiger partial charge on any atom is 0.0414 e. The molecule has 2 nitrogen and oxygen atoms in total. The average Bonchev–Trinajstić information content (AvgIpc) is 3.20. The zero-order chi connectivity index (χ0) is 12.4. The molecule has 0 bridgehead atoms. The van der Waals surface area contributed by atoms with Crippen molar-refractivity contribution >= 4 is 5.69 Å². The van der Waals surface area contributed by atoms with Gasteiger partial charge in [0.2, 0.25) is 0 Å². The quantitative estimate of drug-likeness (QED) is 0.843. The fourth-order valence-electron chi connectivity index (χ4n) is 2.46. The molecule has 1 unspecified atom stereocenters. The molecule has 0 aromatic heterocycles. The van der Waals surface area contributed by atoms with Gasteiger partial charge in [0.05, 0.1) is 0 Å². The van der Waals surface area contributed by atoms with Gasteiger partial charge in [-0.25, -0.2) is 0 Å². The molecule has 1 aliphatic rings. The van der Waals surface area contributed by atoms with Crippen LogP contribution in [0.2, 0.25) is 0 Å². The van der Waals surface area contributed by atoms with E-state index in [1.165, 1.54) is 24.1 Å². The Hall–Kier alpha value is -1.02. The van der Waals surface area contributed by atoms with E-state index >= 15 is 0 Å². The van der Waals surface area contributed by atoms with Crippen LogP contribution in [0, 0.1) is 5.92 Å². The van der Waals surface area contributed by atoms with Crippen molar-refractivity contribution in [2.75, 3.05) is 11.9 Å². The van der Waals surface area contributed by atoms with Crippen LogP contribution >= 0.6 is 0 Å². The summed E-state index contributed by atoms with van der Waals surface area (Å²) in [7, 11) is 2.20. The van der Waals surface area contributed by atoms with Gasteiger partial charge in [0, 0.05) is 24.8 Å². The lowest BCUT2D eigenvalue weighted by molar-refractivity contribution is 0.601. The Labute approximate surface area is 105 Å². The Morgan fingerprint density at radius 3 is 2.59 bits per heavy atom. The lowest BCUT2D eigenvalue weighted by Gasteiger charge is -2.30. The predicted molar refractivity (Wildman–Crippen MR) is 74.3 cm³/mol. The summed E-state index contributed by atoms with van der Waals surface area (Å²) in [6.45, 7) is 4.47. The minimum Gasteiger partial charge on any atom is -0.371 e. The minimum absolute atomic E-state index is 0.153. The molecule has 2 N–H and O–H groups in total. The van der Waals surface area contributed by atoms with Gasteiger partial charge in [-0.2, -0.15) is 0 Å². The molecule has 1 saturated carbocycles. The number of nitrogens with zero attached hydrogens (tertiary/aromatic N) is 1. The van der Waals surface area contributed by atoms with Gasteiger partial charge in [0.1, 0.15) is 0 Å². The molecule has 0 amide bonds. The van der Waals surface area contributed by atoms with E-state index in [9.17, 15) is 0 Å². The molecule has 1 aromatic rings. The third kappa shape index (κ3) is 2.63. The maximum absolute atomic E-state index is 6.20. The van der Waals surface area contributed by atoms with Crippen molar-refractivity contribution in [3.63, 3.8) is 0 Å². The Morgan fingerprint density at radius 2 is 2.00 bits per heavy atom. The van der Waals surface area contributed by atoms with Crippen molar-refractivity contribution in [3.8, 4) is 0 Å². The topological polar surface area (TPSA) is 29.3 Å². The van der Waals surface area contributed by atoms with E-state index in [1.54, 1.807) is 0 Å². The first-order valence-corrected chi connectivity index (χ1v) is 6.72. The molecule has 0 radical (unpaired) electrons.